The van der Waals surface area contributed by atoms with Crippen molar-refractivity contribution in [2.75, 3.05) is 0 Å². The number of hydrogen-bond donors (Lipinski definition) is 16. The quantitative estimate of drug-likeness (QED) is 0.0256. The molecule has 0 aliphatic carbocycles. The SMILES string of the molecule is O=C([O-])C[C@H](NC(C(=O)O)C(=O)O)C(=O)O.O=C([O-])C[C@H](NC(C(=O)O)C(=O)O)C(=O)O.O=C([O-])C[C@H](NC(C(=O)O)C(=O)O)C(=O)O.O=C([O-])C[C@H](NC(C(=O)O)C(=O)O)C(=O)O.[Na+].[Na+].[Na+].[Na+]. The predicted molar refractivity (Wildman–Crippen MR) is 173 cm³/mol. The van der Waals surface area contributed by atoms with Crippen LogP contribution in [0.4, 0.5) is 0 Å². The van der Waals surface area contributed by atoms with Crippen molar-refractivity contribution in [3.8, 4) is 0 Å². The summed E-state index contributed by atoms with van der Waals surface area (Å²) in [6.07, 6.45) is -4.14. The fourth-order valence-electron chi connectivity index (χ4n) is 3.33. The van der Waals surface area contributed by atoms with Crippen molar-refractivity contribution < 1.29 is 277 Å². The van der Waals surface area contributed by atoms with Crippen LogP contribution in [0.3, 0.4) is 0 Å². The third-order valence-corrected chi connectivity index (χ3v) is 6.12. The summed E-state index contributed by atoms with van der Waals surface area (Å²) in [6, 6.07) is -16.2. The number of rotatable bonds is 28. The maximum Gasteiger partial charge on any atom is 1.00 e. The summed E-state index contributed by atoms with van der Waals surface area (Å²) >= 11 is 0. The van der Waals surface area contributed by atoms with Gasteiger partial charge in [-0.3, -0.25) is 40.4 Å². The Morgan fingerprint density at radius 3 is 0.412 bits per heavy atom. The molecule has 0 aliphatic heterocycles. The van der Waals surface area contributed by atoms with Gasteiger partial charge in [0.2, 0.25) is 24.2 Å². The molecule has 36 nitrogen and oxygen atoms in total. The van der Waals surface area contributed by atoms with Gasteiger partial charge in [0.1, 0.15) is 24.2 Å². The second-order valence-corrected chi connectivity index (χ2v) is 11.0. The maximum absolute atomic E-state index is 10.5. The van der Waals surface area contributed by atoms with Gasteiger partial charge in [0.25, 0.3) is 0 Å². The molecule has 0 spiro atoms. The van der Waals surface area contributed by atoms with Crippen LogP contribution in [0.5, 0.6) is 0 Å². The minimum atomic E-state index is -2.19. The first-order valence-electron chi connectivity index (χ1n) is 15.6. The first kappa shape index (κ1) is 80.4. The third-order valence-electron chi connectivity index (χ3n) is 6.12. The zero-order chi connectivity index (χ0) is 51.5. The first-order chi connectivity index (χ1) is 29.0. The zero-order valence-corrected chi connectivity index (χ0v) is 43.0. The molecule has 0 aromatic carbocycles. The van der Waals surface area contributed by atoms with Crippen molar-refractivity contribution in [1.29, 1.82) is 0 Å². The Labute approximate surface area is 463 Å². The second-order valence-electron chi connectivity index (χ2n) is 11.0. The minimum absolute atomic E-state index is 0. The molecule has 0 bridgehead atoms. The standard InChI is InChI=1S/4C7H9NO8.4Na/c4*9-3(10)1-2(5(11)12)8-4(6(13)14)7(15)16;;;;/h4*2,4,8H,1H2,(H,9,10)(H,11,12)(H,13,14)(H,15,16);;;;/q;;;;4*+1/p-4/t4*2-;;;;/m0000..../s1. The molecule has 0 heterocycles. The number of nitrogens with one attached hydrogen (secondary N) is 4. The van der Waals surface area contributed by atoms with E-state index in [2.05, 4.69) is 0 Å². The summed E-state index contributed by atoms with van der Waals surface area (Å²) < 4.78 is 0. The van der Waals surface area contributed by atoms with Crippen LogP contribution in [0, 0.1) is 0 Å². The molecule has 0 unspecified atom stereocenters. The second kappa shape index (κ2) is 41.3. The van der Waals surface area contributed by atoms with E-state index in [0.29, 0.717) is 0 Å². The number of aliphatic carboxylic acids is 16. The van der Waals surface area contributed by atoms with E-state index in [4.69, 9.17) is 61.3 Å². The molecular formula is C28H32N4Na4O32. The molecule has 4 atom stereocenters. The number of carboxylic acids is 16. The molecule has 0 radical (unpaired) electrons. The van der Waals surface area contributed by atoms with Gasteiger partial charge < -0.3 is 101 Å². The molecule has 40 heteroatoms. The fraction of sp³-hybridized carbons (Fsp3) is 0.429. The molecule has 0 aromatic heterocycles. The monoisotopic (exact) mass is 1030 g/mol. The molecule has 0 aromatic rings. The molecule has 360 valence electrons. The van der Waals surface area contributed by atoms with Gasteiger partial charge in [-0.25, -0.2) is 38.4 Å². The molecule has 16 N–H and O–H groups in total. The van der Waals surface area contributed by atoms with E-state index in [1.807, 2.05) is 0 Å². The molecule has 0 saturated heterocycles. The average Bonchev–Trinajstić information content (AvgIpc) is 3.10. The van der Waals surface area contributed by atoms with Gasteiger partial charge in [0.15, 0.2) is 0 Å². The summed E-state index contributed by atoms with van der Waals surface area (Å²) in [5.74, 6) is -28.3. The van der Waals surface area contributed by atoms with Gasteiger partial charge in [0.05, 0.1) is 0 Å². The summed E-state index contributed by atoms with van der Waals surface area (Å²) in [6.45, 7) is 0. The molecular weight excluding hydrogens is 996 g/mol. The van der Waals surface area contributed by atoms with Gasteiger partial charge in [-0.2, -0.15) is 0 Å². The Morgan fingerprint density at radius 1 is 0.250 bits per heavy atom. The van der Waals surface area contributed by atoms with E-state index in [0.717, 1.165) is 0 Å². The topological polar surface area (TPSA) is 656 Å². The van der Waals surface area contributed by atoms with Crippen LogP contribution in [0.25, 0.3) is 0 Å². The number of hydrogen-bond acceptors (Lipinski definition) is 24. The molecule has 0 fully saturated rings. The molecule has 68 heavy (non-hydrogen) atoms. The van der Waals surface area contributed by atoms with Crippen molar-refractivity contribution >= 4 is 95.5 Å². The number of carbonyl (C=O) groups is 16. The van der Waals surface area contributed by atoms with Crippen LogP contribution < -0.4 is 160 Å². The fourth-order valence-corrected chi connectivity index (χ4v) is 3.33. The van der Waals surface area contributed by atoms with Crippen LogP contribution in [0.15, 0.2) is 0 Å². The Kier molecular flexibility index (Phi) is 48.9. The average molecular weight is 1030 g/mol. The number of carbonyl (C=O) groups excluding carboxylic acids is 4. The van der Waals surface area contributed by atoms with Gasteiger partial charge in [-0.05, 0) is 0 Å². The molecule has 0 amide bonds. The largest absolute Gasteiger partial charge is 1.00 e. The van der Waals surface area contributed by atoms with Crippen LogP contribution in [-0.2, 0) is 76.7 Å². The smallest absolute Gasteiger partial charge is 0.550 e. The van der Waals surface area contributed by atoms with Gasteiger partial charge >= 0.3 is 190 Å². The minimum Gasteiger partial charge on any atom is -0.550 e. The van der Waals surface area contributed by atoms with E-state index >= 15 is 0 Å². The summed E-state index contributed by atoms with van der Waals surface area (Å²) in [5, 5.41) is 148. The molecule has 0 rings (SSSR count). The Balaban J connectivity index is -0.000000115. The zero-order valence-electron chi connectivity index (χ0n) is 35.0. The Hall–Kier alpha value is -4.64. The van der Waals surface area contributed by atoms with E-state index in [-0.39, 0.29) is 118 Å². The third kappa shape index (κ3) is 39.4. The van der Waals surface area contributed by atoms with Crippen LogP contribution >= 0.6 is 0 Å². The predicted octanol–water partition coefficient (Wildman–Crippen LogP) is -25.2. The first-order valence-corrected chi connectivity index (χ1v) is 15.6. The van der Waals surface area contributed by atoms with E-state index < -0.39 is 170 Å². The van der Waals surface area contributed by atoms with Gasteiger partial charge in [-0.1, -0.05) is 0 Å². The van der Waals surface area contributed by atoms with Crippen molar-refractivity contribution in [2.24, 2.45) is 0 Å². The van der Waals surface area contributed by atoms with Crippen molar-refractivity contribution in [2.45, 2.75) is 74.0 Å². The van der Waals surface area contributed by atoms with E-state index in [1.54, 1.807) is 21.3 Å². The molecule has 0 saturated carbocycles. The normalized spacial score (nSPS) is 11.4. The maximum atomic E-state index is 10.5. The van der Waals surface area contributed by atoms with Crippen molar-refractivity contribution in [3.05, 3.63) is 0 Å². The Morgan fingerprint density at radius 2 is 0.353 bits per heavy atom. The van der Waals surface area contributed by atoms with Gasteiger partial charge in [-0.15, -0.1) is 0 Å². The van der Waals surface area contributed by atoms with E-state index in [9.17, 15) is 97.1 Å². The summed E-state index contributed by atoms with van der Waals surface area (Å²) in [5.41, 5.74) is 0. The Bertz CT molecular complexity index is 1520. The van der Waals surface area contributed by atoms with Crippen molar-refractivity contribution in [1.82, 2.24) is 21.3 Å². The molecule has 0 aliphatic rings. The van der Waals surface area contributed by atoms with Gasteiger partial charge in [0, 0.05) is 49.6 Å². The van der Waals surface area contributed by atoms with Crippen LogP contribution in [-0.4, -0.2) is 205 Å². The van der Waals surface area contributed by atoms with Crippen LogP contribution in [0.1, 0.15) is 25.7 Å². The summed E-state index contributed by atoms with van der Waals surface area (Å²) in [4.78, 5) is 165. The number of carboxylic acid groups (broad SMARTS) is 16. The van der Waals surface area contributed by atoms with Crippen molar-refractivity contribution in [3.63, 3.8) is 0 Å². The summed E-state index contributed by atoms with van der Waals surface area (Å²) in [7, 11) is 0. The van der Waals surface area contributed by atoms with E-state index in [1.165, 1.54) is 0 Å². The van der Waals surface area contributed by atoms with Crippen LogP contribution in [0.2, 0.25) is 0 Å².